The summed E-state index contributed by atoms with van der Waals surface area (Å²) in [5.41, 5.74) is 0. The lowest BCUT2D eigenvalue weighted by Crippen LogP contribution is -2.26. The summed E-state index contributed by atoms with van der Waals surface area (Å²) in [5, 5.41) is 3.35. The second-order valence-corrected chi connectivity index (χ2v) is 5.22. The van der Waals surface area contributed by atoms with E-state index in [1.807, 2.05) is 17.8 Å². The third kappa shape index (κ3) is 2.85. The van der Waals surface area contributed by atoms with E-state index >= 15 is 0 Å². The Hall–Kier alpha value is -0.290. The summed E-state index contributed by atoms with van der Waals surface area (Å²) in [6.07, 6.45) is 4.27. The van der Waals surface area contributed by atoms with Gasteiger partial charge in [-0.05, 0) is 40.6 Å². The largest absolute Gasteiger partial charge is 0.351 e. The molecule has 1 aromatic heterocycles. The van der Waals surface area contributed by atoms with Crippen molar-refractivity contribution in [3.05, 3.63) is 16.9 Å². The topological polar surface area (TPSA) is 37.8 Å². The van der Waals surface area contributed by atoms with Gasteiger partial charge in [0, 0.05) is 18.0 Å². The van der Waals surface area contributed by atoms with Crippen LogP contribution in [0.15, 0.2) is 16.9 Å². The Morgan fingerprint density at radius 1 is 1.57 bits per heavy atom. The summed E-state index contributed by atoms with van der Waals surface area (Å²) in [6.45, 7) is 0. The molecule has 1 fully saturated rings. The number of thioether (sulfide) groups is 1. The number of aromatic nitrogens is 2. The number of rotatable bonds is 2. The van der Waals surface area contributed by atoms with Crippen LogP contribution in [0.5, 0.6) is 0 Å². The Morgan fingerprint density at radius 2 is 2.50 bits per heavy atom. The summed E-state index contributed by atoms with van der Waals surface area (Å²) >= 11 is 5.33. The highest BCUT2D eigenvalue weighted by atomic mass is 79.9. The molecular weight excluding hydrogens is 262 g/mol. The molecule has 0 aliphatic carbocycles. The SMILES string of the molecule is Brc1ccnc(NC2CCCSC2)n1. The van der Waals surface area contributed by atoms with Gasteiger partial charge in [-0.15, -0.1) is 0 Å². The van der Waals surface area contributed by atoms with Crippen LogP contribution >= 0.6 is 27.7 Å². The summed E-state index contributed by atoms with van der Waals surface area (Å²) in [5.74, 6) is 3.18. The van der Waals surface area contributed by atoms with Crippen LogP contribution in [0.1, 0.15) is 12.8 Å². The van der Waals surface area contributed by atoms with Crippen molar-refractivity contribution in [1.82, 2.24) is 9.97 Å². The molecule has 1 atom stereocenters. The zero-order valence-electron chi connectivity index (χ0n) is 7.74. The van der Waals surface area contributed by atoms with Crippen LogP contribution in [-0.4, -0.2) is 27.5 Å². The maximum absolute atomic E-state index is 4.25. The van der Waals surface area contributed by atoms with Crippen molar-refractivity contribution in [3.63, 3.8) is 0 Å². The van der Waals surface area contributed by atoms with Gasteiger partial charge >= 0.3 is 0 Å². The fraction of sp³-hybridized carbons (Fsp3) is 0.556. The van der Waals surface area contributed by atoms with E-state index in [9.17, 15) is 0 Å². The van der Waals surface area contributed by atoms with E-state index in [4.69, 9.17) is 0 Å². The molecular formula is C9H12BrN3S. The molecule has 2 rings (SSSR count). The Kier molecular flexibility index (Phi) is 3.64. The number of halogens is 1. The van der Waals surface area contributed by atoms with E-state index in [0.717, 1.165) is 16.3 Å². The Balaban J connectivity index is 1.95. The molecule has 1 aliphatic rings. The second-order valence-electron chi connectivity index (χ2n) is 3.26. The minimum absolute atomic E-state index is 0.531. The summed E-state index contributed by atoms with van der Waals surface area (Å²) in [7, 11) is 0. The van der Waals surface area contributed by atoms with Crippen molar-refractivity contribution in [2.45, 2.75) is 18.9 Å². The number of anilines is 1. The molecule has 3 nitrogen and oxygen atoms in total. The highest BCUT2D eigenvalue weighted by Crippen LogP contribution is 2.19. The quantitative estimate of drug-likeness (QED) is 0.841. The van der Waals surface area contributed by atoms with Gasteiger partial charge in [0.05, 0.1) is 0 Å². The van der Waals surface area contributed by atoms with Gasteiger partial charge in [0.2, 0.25) is 5.95 Å². The van der Waals surface area contributed by atoms with Crippen molar-refractivity contribution in [1.29, 1.82) is 0 Å². The molecule has 0 amide bonds. The van der Waals surface area contributed by atoms with Crippen molar-refractivity contribution in [2.75, 3.05) is 16.8 Å². The average Bonchev–Trinajstić information content (AvgIpc) is 2.19. The molecule has 0 bridgehead atoms. The number of nitrogens with one attached hydrogen (secondary N) is 1. The van der Waals surface area contributed by atoms with Crippen molar-refractivity contribution < 1.29 is 0 Å². The first kappa shape index (κ1) is 10.2. The van der Waals surface area contributed by atoms with Crippen molar-refractivity contribution in [3.8, 4) is 0 Å². The minimum Gasteiger partial charge on any atom is -0.351 e. The smallest absolute Gasteiger partial charge is 0.223 e. The Bertz CT molecular complexity index is 302. The molecule has 14 heavy (non-hydrogen) atoms. The van der Waals surface area contributed by atoms with Gasteiger partial charge in [0.15, 0.2) is 0 Å². The van der Waals surface area contributed by atoms with Crippen LogP contribution in [0.25, 0.3) is 0 Å². The van der Waals surface area contributed by atoms with Gasteiger partial charge < -0.3 is 5.32 Å². The van der Waals surface area contributed by atoms with E-state index < -0.39 is 0 Å². The van der Waals surface area contributed by atoms with Gasteiger partial charge in [-0.25, -0.2) is 9.97 Å². The van der Waals surface area contributed by atoms with E-state index in [1.54, 1.807) is 6.20 Å². The third-order valence-electron chi connectivity index (χ3n) is 2.12. The summed E-state index contributed by atoms with van der Waals surface area (Å²) < 4.78 is 0.832. The van der Waals surface area contributed by atoms with Gasteiger partial charge in [-0.3, -0.25) is 0 Å². The summed E-state index contributed by atoms with van der Waals surface area (Å²) in [6, 6.07) is 2.36. The van der Waals surface area contributed by atoms with Crippen LogP contribution < -0.4 is 5.32 Å². The molecule has 2 heterocycles. The van der Waals surface area contributed by atoms with E-state index in [1.165, 1.54) is 18.6 Å². The normalized spacial score (nSPS) is 21.9. The molecule has 0 aromatic carbocycles. The molecule has 1 saturated heterocycles. The van der Waals surface area contributed by atoms with Crippen LogP contribution in [0, 0.1) is 0 Å². The zero-order chi connectivity index (χ0) is 9.80. The van der Waals surface area contributed by atoms with E-state index in [0.29, 0.717) is 6.04 Å². The van der Waals surface area contributed by atoms with E-state index in [-0.39, 0.29) is 0 Å². The molecule has 1 aliphatic heterocycles. The minimum atomic E-state index is 0.531. The Labute approximate surface area is 96.2 Å². The van der Waals surface area contributed by atoms with Gasteiger partial charge in [-0.1, -0.05) is 0 Å². The highest BCUT2D eigenvalue weighted by Gasteiger charge is 2.14. The Morgan fingerprint density at radius 3 is 3.21 bits per heavy atom. The van der Waals surface area contributed by atoms with Crippen molar-refractivity contribution in [2.24, 2.45) is 0 Å². The lowest BCUT2D eigenvalue weighted by molar-refractivity contribution is 0.678. The zero-order valence-corrected chi connectivity index (χ0v) is 10.1. The molecule has 1 aromatic rings. The molecule has 1 unspecified atom stereocenters. The monoisotopic (exact) mass is 273 g/mol. The number of hydrogen-bond donors (Lipinski definition) is 1. The number of hydrogen-bond acceptors (Lipinski definition) is 4. The van der Waals surface area contributed by atoms with Gasteiger partial charge in [-0.2, -0.15) is 11.8 Å². The molecule has 5 heteroatoms. The van der Waals surface area contributed by atoms with Gasteiger partial charge in [0.1, 0.15) is 4.60 Å². The fourth-order valence-electron chi connectivity index (χ4n) is 1.44. The molecule has 76 valence electrons. The fourth-order valence-corrected chi connectivity index (χ4v) is 2.80. The molecule has 0 saturated carbocycles. The lowest BCUT2D eigenvalue weighted by atomic mass is 10.2. The standard InChI is InChI=1S/C9H12BrN3S/c10-8-3-4-11-9(13-8)12-7-2-1-5-14-6-7/h3-4,7H,1-2,5-6H2,(H,11,12,13). The summed E-state index contributed by atoms with van der Waals surface area (Å²) in [4.78, 5) is 8.42. The highest BCUT2D eigenvalue weighted by molar-refractivity contribution is 9.10. The van der Waals surface area contributed by atoms with E-state index in [2.05, 4.69) is 31.2 Å². The predicted molar refractivity (Wildman–Crippen MR) is 63.7 cm³/mol. The first-order valence-electron chi connectivity index (χ1n) is 4.67. The predicted octanol–water partition coefficient (Wildman–Crippen LogP) is 2.55. The van der Waals surface area contributed by atoms with Crippen LogP contribution in [0.4, 0.5) is 5.95 Å². The number of nitrogens with zero attached hydrogens (tertiary/aromatic N) is 2. The maximum Gasteiger partial charge on any atom is 0.223 e. The first-order chi connectivity index (χ1) is 6.84. The third-order valence-corrected chi connectivity index (χ3v) is 3.77. The van der Waals surface area contributed by atoms with Crippen LogP contribution in [0.3, 0.4) is 0 Å². The molecule has 0 spiro atoms. The molecule has 1 N–H and O–H groups in total. The second kappa shape index (κ2) is 4.98. The lowest BCUT2D eigenvalue weighted by Gasteiger charge is -2.22. The van der Waals surface area contributed by atoms with Crippen molar-refractivity contribution >= 4 is 33.6 Å². The molecule has 0 radical (unpaired) electrons. The van der Waals surface area contributed by atoms with Crippen LogP contribution in [0.2, 0.25) is 0 Å². The van der Waals surface area contributed by atoms with Gasteiger partial charge in [0.25, 0.3) is 0 Å². The van der Waals surface area contributed by atoms with Crippen LogP contribution in [-0.2, 0) is 0 Å². The first-order valence-corrected chi connectivity index (χ1v) is 6.62. The maximum atomic E-state index is 4.25. The average molecular weight is 274 g/mol.